The molecule has 116 valence electrons. The number of aliphatic carboxylic acids is 1. The van der Waals surface area contributed by atoms with Gasteiger partial charge in [0.05, 0.1) is 13.5 Å². The fourth-order valence-electron chi connectivity index (χ4n) is 2.50. The number of benzene rings is 2. The topological polar surface area (TPSA) is 46.5 Å². The van der Waals surface area contributed by atoms with Gasteiger partial charge in [-0.15, -0.1) is 0 Å². The Bertz CT molecular complexity index is 650. The van der Waals surface area contributed by atoms with Crippen LogP contribution < -0.4 is 4.74 Å². The van der Waals surface area contributed by atoms with Crippen LogP contribution in [0.1, 0.15) is 31.2 Å². The Labute approximate surface area is 129 Å². The normalized spacial score (nSPS) is 12.0. The lowest BCUT2D eigenvalue weighted by atomic mass is 9.91. The summed E-state index contributed by atoms with van der Waals surface area (Å²) in [6, 6.07) is 12.1. The van der Waals surface area contributed by atoms with Crippen LogP contribution in [0, 0.1) is 5.82 Å². The number of hydrogen-bond acceptors (Lipinski definition) is 2. The van der Waals surface area contributed by atoms with Crippen molar-refractivity contribution in [2.24, 2.45) is 0 Å². The Kier molecular flexibility index (Phi) is 5.15. The average molecular weight is 302 g/mol. The van der Waals surface area contributed by atoms with Gasteiger partial charge in [0.25, 0.3) is 0 Å². The largest absolute Gasteiger partial charge is 0.497 e. The summed E-state index contributed by atoms with van der Waals surface area (Å²) >= 11 is 0. The van der Waals surface area contributed by atoms with E-state index < -0.39 is 5.97 Å². The molecule has 0 radical (unpaired) electrons. The molecule has 0 saturated heterocycles. The molecule has 1 N–H and O–H groups in total. The van der Waals surface area contributed by atoms with E-state index in [9.17, 15) is 9.18 Å². The molecule has 0 spiro atoms. The highest BCUT2D eigenvalue weighted by atomic mass is 19.1. The van der Waals surface area contributed by atoms with E-state index in [-0.39, 0.29) is 18.2 Å². The molecular weight excluding hydrogens is 283 g/mol. The molecule has 0 aliphatic heterocycles. The van der Waals surface area contributed by atoms with E-state index in [1.165, 1.54) is 13.2 Å². The van der Waals surface area contributed by atoms with Crippen molar-refractivity contribution < 1.29 is 19.0 Å². The van der Waals surface area contributed by atoms with E-state index in [4.69, 9.17) is 9.84 Å². The van der Waals surface area contributed by atoms with Crippen molar-refractivity contribution in [1.29, 1.82) is 0 Å². The second-order valence-corrected chi connectivity index (χ2v) is 5.17. The monoisotopic (exact) mass is 302 g/mol. The molecule has 0 aliphatic carbocycles. The molecule has 22 heavy (non-hydrogen) atoms. The summed E-state index contributed by atoms with van der Waals surface area (Å²) in [5.41, 5.74) is 2.22. The van der Waals surface area contributed by atoms with Crippen LogP contribution in [0.4, 0.5) is 4.39 Å². The second-order valence-electron chi connectivity index (χ2n) is 5.17. The molecule has 2 aromatic rings. The van der Waals surface area contributed by atoms with Gasteiger partial charge in [0.1, 0.15) is 11.6 Å². The SMILES string of the molecule is CCC(CC(=O)O)c1ccc(-c2ccc(OC)cc2F)cc1. The first-order valence-corrected chi connectivity index (χ1v) is 7.20. The van der Waals surface area contributed by atoms with Crippen molar-refractivity contribution >= 4 is 5.97 Å². The predicted octanol–water partition coefficient (Wildman–Crippen LogP) is 4.47. The number of carbonyl (C=O) groups is 1. The zero-order valence-corrected chi connectivity index (χ0v) is 12.7. The summed E-state index contributed by atoms with van der Waals surface area (Å²) in [7, 11) is 1.50. The van der Waals surface area contributed by atoms with Crippen molar-refractivity contribution in [3.05, 3.63) is 53.8 Å². The fourth-order valence-corrected chi connectivity index (χ4v) is 2.50. The number of hydrogen-bond donors (Lipinski definition) is 1. The fraction of sp³-hybridized carbons (Fsp3) is 0.278. The van der Waals surface area contributed by atoms with Crippen LogP contribution >= 0.6 is 0 Å². The first-order valence-electron chi connectivity index (χ1n) is 7.20. The quantitative estimate of drug-likeness (QED) is 0.856. The van der Waals surface area contributed by atoms with Gasteiger partial charge in [-0.1, -0.05) is 31.2 Å². The molecule has 1 atom stereocenters. The lowest BCUT2D eigenvalue weighted by Crippen LogP contribution is -2.05. The van der Waals surface area contributed by atoms with E-state index in [0.717, 1.165) is 17.5 Å². The van der Waals surface area contributed by atoms with Crippen molar-refractivity contribution in [3.63, 3.8) is 0 Å². The number of halogens is 1. The zero-order chi connectivity index (χ0) is 16.1. The van der Waals surface area contributed by atoms with Crippen molar-refractivity contribution in [3.8, 4) is 16.9 Å². The molecular formula is C18H19FO3. The van der Waals surface area contributed by atoms with Gasteiger partial charge in [0.2, 0.25) is 0 Å². The first kappa shape index (κ1) is 16.0. The predicted molar refractivity (Wildman–Crippen MR) is 83.7 cm³/mol. The van der Waals surface area contributed by atoms with Gasteiger partial charge in [-0.3, -0.25) is 4.79 Å². The molecule has 0 bridgehead atoms. The summed E-state index contributed by atoms with van der Waals surface area (Å²) in [5.74, 6) is -0.695. The summed E-state index contributed by atoms with van der Waals surface area (Å²) < 4.78 is 19.1. The van der Waals surface area contributed by atoms with Gasteiger partial charge in [-0.2, -0.15) is 0 Å². The molecule has 0 aliphatic rings. The molecule has 2 rings (SSSR count). The van der Waals surface area contributed by atoms with E-state index in [1.54, 1.807) is 12.1 Å². The molecule has 1 unspecified atom stereocenters. The summed E-state index contributed by atoms with van der Waals surface area (Å²) in [4.78, 5) is 10.9. The van der Waals surface area contributed by atoms with Crippen LogP contribution in [-0.2, 0) is 4.79 Å². The third-order valence-electron chi connectivity index (χ3n) is 3.78. The van der Waals surface area contributed by atoms with Crippen molar-refractivity contribution in [2.45, 2.75) is 25.7 Å². The molecule has 0 saturated carbocycles. The number of ether oxygens (including phenoxy) is 1. The van der Waals surface area contributed by atoms with Gasteiger partial charge in [-0.05, 0) is 35.6 Å². The first-order chi connectivity index (χ1) is 10.5. The molecule has 3 nitrogen and oxygen atoms in total. The van der Waals surface area contributed by atoms with E-state index in [1.807, 2.05) is 31.2 Å². The van der Waals surface area contributed by atoms with Crippen LogP contribution in [-0.4, -0.2) is 18.2 Å². The highest BCUT2D eigenvalue weighted by Gasteiger charge is 2.14. The molecule has 0 amide bonds. The summed E-state index contributed by atoms with van der Waals surface area (Å²) in [6.07, 6.45) is 0.856. The van der Waals surface area contributed by atoms with Gasteiger partial charge in [0.15, 0.2) is 0 Å². The maximum Gasteiger partial charge on any atom is 0.303 e. The average Bonchev–Trinajstić information content (AvgIpc) is 2.52. The maximum atomic E-state index is 14.1. The summed E-state index contributed by atoms with van der Waals surface area (Å²) in [5, 5.41) is 8.93. The summed E-state index contributed by atoms with van der Waals surface area (Å²) in [6.45, 7) is 1.96. The Morgan fingerprint density at radius 1 is 1.23 bits per heavy atom. The van der Waals surface area contributed by atoms with E-state index in [0.29, 0.717) is 11.3 Å². The molecule has 2 aromatic carbocycles. The zero-order valence-electron chi connectivity index (χ0n) is 12.7. The lowest BCUT2D eigenvalue weighted by molar-refractivity contribution is -0.137. The Hall–Kier alpha value is -2.36. The Morgan fingerprint density at radius 3 is 2.41 bits per heavy atom. The van der Waals surface area contributed by atoms with Crippen LogP contribution in [0.3, 0.4) is 0 Å². The minimum atomic E-state index is -0.808. The molecule has 4 heteroatoms. The van der Waals surface area contributed by atoms with Gasteiger partial charge in [0, 0.05) is 11.6 Å². The molecule has 0 aromatic heterocycles. The highest BCUT2D eigenvalue weighted by Crippen LogP contribution is 2.29. The van der Waals surface area contributed by atoms with Crippen LogP contribution in [0.5, 0.6) is 5.75 Å². The van der Waals surface area contributed by atoms with E-state index in [2.05, 4.69) is 0 Å². The van der Waals surface area contributed by atoms with Gasteiger partial charge in [-0.25, -0.2) is 4.39 Å². The van der Waals surface area contributed by atoms with Crippen molar-refractivity contribution in [2.75, 3.05) is 7.11 Å². The third kappa shape index (κ3) is 3.64. The van der Waals surface area contributed by atoms with Crippen LogP contribution in [0.2, 0.25) is 0 Å². The number of carboxylic acid groups (broad SMARTS) is 1. The third-order valence-corrected chi connectivity index (χ3v) is 3.78. The Morgan fingerprint density at radius 2 is 1.91 bits per heavy atom. The number of carboxylic acids is 1. The van der Waals surface area contributed by atoms with Crippen LogP contribution in [0.15, 0.2) is 42.5 Å². The van der Waals surface area contributed by atoms with Gasteiger partial charge >= 0.3 is 5.97 Å². The molecule has 0 heterocycles. The van der Waals surface area contributed by atoms with E-state index >= 15 is 0 Å². The lowest BCUT2D eigenvalue weighted by Gasteiger charge is -2.14. The van der Waals surface area contributed by atoms with Gasteiger partial charge < -0.3 is 9.84 Å². The number of methoxy groups -OCH3 is 1. The van der Waals surface area contributed by atoms with Crippen LogP contribution in [0.25, 0.3) is 11.1 Å². The molecule has 0 fully saturated rings. The standard InChI is InChI=1S/C18H19FO3/c1-3-12(10-18(20)21)13-4-6-14(7-5-13)16-9-8-15(22-2)11-17(16)19/h4-9,11-12H,3,10H2,1-2H3,(H,20,21). The highest BCUT2D eigenvalue weighted by molar-refractivity contribution is 5.69. The maximum absolute atomic E-state index is 14.1. The second kappa shape index (κ2) is 7.07. The Balaban J connectivity index is 2.26. The minimum Gasteiger partial charge on any atom is -0.497 e. The minimum absolute atomic E-state index is 0.0211. The number of rotatable bonds is 6. The van der Waals surface area contributed by atoms with Crippen molar-refractivity contribution in [1.82, 2.24) is 0 Å². The smallest absolute Gasteiger partial charge is 0.303 e.